The van der Waals surface area contributed by atoms with Gasteiger partial charge in [-0.05, 0) is 64.9 Å². The molecule has 9 heteroatoms. The topological polar surface area (TPSA) is 85.4 Å². The van der Waals surface area contributed by atoms with E-state index in [4.69, 9.17) is 14.8 Å². The normalized spacial score (nSPS) is 19.1. The summed E-state index contributed by atoms with van der Waals surface area (Å²) in [4.78, 5) is 16.5. The largest absolute Gasteiger partial charge is 0.383 e. The molecule has 1 N–H and O–H groups in total. The third-order valence-corrected chi connectivity index (χ3v) is 6.76. The first-order valence-corrected chi connectivity index (χ1v) is 11.6. The highest BCUT2D eigenvalue weighted by molar-refractivity contribution is 5.82. The fourth-order valence-corrected chi connectivity index (χ4v) is 4.82. The lowest BCUT2D eigenvalue weighted by molar-refractivity contribution is 0.187. The molecule has 9 nitrogen and oxygen atoms in total. The van der Waals surface area contributed by atoms with E-state index in [1.54, 1.807) is 7.11 Å². The van der Waals surface area contributed by atoms with Gasteiger partial charge in [-0.1, -0.05) is 0 Å². The molecule has 1 aliphatic carbocycles. The minimum Gasteiger partial charge on any atom is -0.383 e. The highest BCUT2D eigenvalue weighted by Gasteiger charge is 2.23. The first-order chi connectivity index (χ1) is 16.0. The number of hydrogen-bond acceptors (Lipinski definition) is 7. The third kappa shape index (κ3) is 4.30. The Morgan fingerprint density at radius 2 is 1.94 bits per heavy atom. The number of nitrogens with one attached hydrogen (secondary N) is 1. The van der Waals surface area contributed by atoms with Crippen molar-refractivity contribution in [2.24, 2.45) is 0 Å². The maximum absolute atomic E-state index is 5.26. The second-order valence-electron chi connectivity index (χ2n) is 9.10. The zero-order valence-electron chi connectivity index (χ0n) is 19.8. The van der Waals surface area contributed by atoms with Gasteiger partial charge in [-0.25, -0.2) is 19.5 Å². The van der Waals surface area contributed by atoms with E-state index in [1.807, 2.05) is 42.0 Å². The van der Waals surface area contributed by atoms with Gasteiger partial charge in [0.25, 0.3) is 0 Å². The maximum Gasteiger partial charge on any atom is 0.241 e. The Hall–Kier alpha value is -3.04. The molecule has 1 fully saturated rings. The molecule has 0 amide bonds. The van der Waals surface area contributed by atoms with Crippen molar-refractivity contribution in [3.05, 3.63) is 36.4 Å². The Morgan fingerprint density at radius 1 is 1.12 bits per heavy atom. The van der Waals surface area contributed by atoms with E-state index < -0.39 is 0 Å². The Bertz CT molecular complexity index is 1250. The van der Waals surface area contributed by atoms with Gasteiger partial charge in [0.15, 0.2) is 5.65 Å². The SMILES string of the molecule is COCCn1c(C)nc2ccc(-c3ccn4nc(N[C@H]5CC[C@@H](N(C)C)CC5)ncc34)nc21. The summed E-state index contributed by atoms with van der Waals surface area (Å²) in [5.74, 6) is 1.61. The number of fused-ring (bicyclic) bond motifs is 2. The number of ether oxygens (including phenoxy) is 1. The molecule has 33 heavy (non-hydrogen) atoms. The number of rotatable bonds is 7. The molecule has 4 heterocycles. The van der Waals surface area contributed by atoms with E-state index in [0.717, 1.165) is 53.1 Å². The molecule has 0 bridgehead atoms. The van der Waals surface area contributed by atoms with Crippen molar-refractivity contribution in [1.82, 2.24) is 34.0 Å². The number of methoxy groups -OCH3 is 1. The number of hydrogen-bond donors (Lipinski definition) is 1. The van der Waals surface area contributed by atoms with E-state index in [2.05, 4.69) is 38.8 Å². The van der Waals surface area contributed by atoms with Crippen LogP contribution in [-0.4, -0.2) is 73.9 Å². The molecule has 5 rings (SSSR count). The van der Waals surface area contributed by atoms with Crippen LogP contribution >= 0.6 is 0 Å². The van der Waals surface area contributed by atoms with E-state index >= 15 is 0 Å². The molecule has 4 aromatic heterocycles. The molecule has 4 aromatic rings. The van der Waals surface area contributed by atoms with Crippen LogP contribution in [0, 0.1) is 6.92 Å². The molecular weight excluding hydrogens is 416 g/mol. The van der Waals surface area contributed by atoms with Crippen LogP contribution in [-0.2, 0) is 11.3 Å². The van der Waals surface area contributed by atoms with E-state index in [9.17, 15) is 0 Å². The van der Waals surface area contributed by atoms with Gasteiger partial charge in [-0.3, -0.25) is 0 Å². The smallest absolute Gasteiger partial charge is 0.241 e. The summed E-state index contributed by atoms with van der Waals surface area (Å²) < 4.78 is 9.24. The van der Waals surface area contributed by atoms with Crippen molar-refractivity contribution in [1.29, 1.82) is 0 Å². The molecular formula is C24H32N8O. The van der Waals surface area contributed by atoms with Crippen LogP contribution < -0.4 is 5.32 Å². The molecule has 0 unspecified atom stereocenters. The predicted molar refractivity (Wildman–Crippen MR) is 129 cm³/mol. The molecule has 0 aliphatic heterocycles. The van der Waals surface area contributed by atoms with Gasteiger partial charge in [0.05, 0.1) is 24.0 Å². The van der Waals surface area contributed by atoms with Gasteiger partial charge in [0.2, 0.25) is 5.95 Å². The van der Waals surface area contributed by atoms with Crippen LogP contribution in [0.5, 0.6) is 0 Å². The van der Waals surface area contributed by atoms with Gasteiger partial charge in [-0.15, -0.1) is 5.10 Å². The third-order valence-electron chi connectivity index (χ3n) is 6.76. The van der Waals surface area contributed by atoms with E-state index in [0.29, 0.717) is 24.6 Å². The Kier molecular flexibility index (Phi) is 5.99. The van der Waals surface area contributed by atoms with Gasteiger partial charge in [0, 0.05) is 37.5 Å². The summed E-state index contributed by atoms with van der Waals surface area (Å²) in [5.41, 5.74) is 4.59. The van der Waals surface area contributed by atoms with Crippen LogP contribution in [0.1, 0.15) is 31.5 Å². The Morgan fingerprint density at radius 3 is 2.70 bits per heavy atom. The first kappa shape index (κ1) is 21.8. The number of nitrogens with zero attached hydrogens (tertiary/aromatic N) is 7. The van der Waals surface area contributed by atoms with Crippen molar-refractivity contribution in [3.8, 4) is 11.3 Å². The van der Waals surface area contributed by atoms with Crippen molar-refractivity contribution in [3.63, 3.8) is 0 Å². The van der Waals surface area contributed by atoms with Crippen molar-refractivity contribution in [2.75, 3.05) is 33.1 Å². The lowest BCUT2D eigenvalue weighted by atomic mass is 9.91. The molecule has 0 radical (unpaired) electrons. The summed E-state index contributed by atoms with van der Waals surface area (Å²) in [7, 11) is 6.04. The van der Waals surface area contributed by atoms with Gasteiger partial charge < -0.3 is 19.5 Å². The number of imidazole rings is 1. The summed E-state index contributed by atoms with van der Waals surface area (Å²) in [6, 6.07) is 7.19. The fraction of sp³-hybridized carbons (Fsp3) is 0.500. The Labute approximate surface area is 193 Å². The summed E-state index contributed by atoms with van der Waals surface area (Å²) in [5, 5.41) is 8.25. The van der Waals surface area contributed by atoms with E-state index in [-0.39, 0.29) is 0 Å². The molecule has 1 aliphatic rings. The van der Waals surface area contributed by atoms with Crippen LogP contribution in [0.15, 0.2) is 30.6 Å². The Balaban J connectivity index is 1.38. The van der Waals surface area contributed by atoms with Crippen LogP contribution in [0.2, 0.25) is 0 Å². The lowest BCUT2D eigenvalue weighted by Crippen LogP contribution is -2.36. The van der Waals surface area contributed by atoms with Crippen LogP contribution in [0.4, 0.5) is 5.95 Å². The number of aromatic nitrogens is 6. The van der Waals surface area contributed by atoms with Crippen molar-refractivity contribution in [2.45, 2.75) is 51.2 Å². The molecule has 1 saturated carbocycles. The van der Waals surface area contributed by atoms with Gasteiger partial charge in [-0.2, -0.15) is 0 Å². The highest BCUT2D eigenvalue weighted by Crippen LogP contribution is 2.27. The average molecular weight is 449 g/mol. The molecule has 174 valence electrons. The monoisotopic (exact) mass is 448 g/mol. The number of anilines is 1. The van der Waals surface area contributed by atoms with E-state index in [1.165, 1.54) is 12.8 Å². The first-order valence-electron chi connectivity index (χ1n) is 11.6. The fourth-order valence-electron chi connectivity index (χ4n) is 4.82. The van der Waals surface area contributed by atoms with Crippen LogP contribution in [0.3, 0.4) is 0 Å². The minimum absolute atomic E-state index is 0.424. The summed E-state index contributed by atoms with van der Waals surface area (Å²) in [6.07, 6.45) is 8.54. The lowest BCUT2D eigenvalue weighted by Gasteiger charge is -2.32. The summed E-state index contributed by atoms with van der Waals surface area (Å²) in [6.45, 7) is 3.34. The highest BCUT2D eigenvalue weighted by atomic mass is 16.5. The van der Waals surface area contributed by atoms with Crippen LogP contribution in [0.25, 0.3) is 27.9 Å². The van der Waals surface area contributed by atoms with Gasteiger partial charge in [0.1, 0.15) is 11.3 Å². The molecule has 0 aromatic carbocycles. The van der Waals surface area contributed by atoms with Crippen molar-refractivity contribution < 1.29 is 4.74 Å². The molecule has 0 spiro atoms. The quantitative estimate of drug-likeness (QED) is 0.464. The van der Waals surface area contributed by atoms with Gasteiger partial charge >= 0.3 is 0 Å². The maximum atomic E-state index is 5.26. The number of aryl methyl sites for hydroxylation is 1. The second-order valence-corrected chi connectivity index (χ2v) is 9.10. The molecule has 0 atom stereocenters. The molecule has 0 saturated heterocycles. The zero-order valence-corrected chi connectivity index (χ0v) is 19.8. The number of pyridine rings is 1. The zero-order chi connectivity index (χ0) is 22.9. The summed E-state index contributed by atoms with van der Waals surface area (Å²) >= 11 is 0. The minimum atomic E-state index is 0.424. The average Bonchev–Trinajstić information content (AvgIpc) is 3.37. The van der Waals surface area contributed by atoms with Crippen molar-refractivity contribution >= 4 is 22.6 Å². The predicted octanol–water partition coefficient (Wildman–Crippen LogP) is 3.38. The second kappa shape index (κ2) is 9.07. The standard InChI is InChI=1S/C24H32N8O/c1-16-26-21-10-9-20(28-23(21)31(16)13-14-33-4)19-11-12-32-22(19)15-25-24(29-32)27-17-5-7-18(8-6-17)30(2)3/h9-12,15,17-18H,5-8,13-14H2,1-4H3,(H,27,29)/t17-,18+.